The highest BCUT2D eigenvalue weighted by Gasteiger charge is 2.19. The molecule has 0 saturated heterocycles. The fourth-order valence-electron chi connectivity index (χ4n) is 4.31. The van der Waals surface area contributed by atoms with Gasteiger partial charge < -0.3 is 25.0 Å². The molecule has 0 aliphatic rings. The number of hydrogen-bond acceptors (Lipinski definition) is 7. The number of carbonyl (C=O) groups is 1. The Morgan fingerprint density at radius 1 is 1.07 bits per heavy atom. The zero-order valence-electron chi connectivity index (χ0n) is 23.1. The van der Waals surface area contributed by atoms with Gasteiger partial charge in [0.15, 0.2) is 0 Å². The van der Waals surface area contributed by atoms with Crippen molar-refractivity contribution in [2.24, 2.45) is 0 Å². The lowest BCUT2D eigenvalue weighted by molar-refractivity contribution is -0.111. The summed E-state index contributed by atoms with van der Waals surface area (Å²) in [6, 6.07) is 11.4. The molecule has 4 aromatic rings. The molecular weight excluding hydrogens is 549 g/mol. The fraction of sp³-hybridized carbons (Fsp3) is 0.233. The van der Waals surface area contributed by atoms with Gasteiger partial charge in [-0.25, -0.2) is 9.97 Å². The van der Waals surface area contributed by atoms with Crippen molar-refractivity contribution in [1.29, 1.82) is 0 Å². The lowest BCUT2D eigenvalue weighted by Crippen LogP contribution is -2.16. The summed E-state index contributed by atoms with van der Waals surface area (Å²) < 4.78 is 10.8. The summed E-state index contributed by atoms with van der Waals surface area (Å²) in [7, 11) is 7.13. The molecule has 4 rings (SSSR count). The molecule has 8 nitrogen and oxygen atoms in total. The molecule has 1 aromatic heterocycles. The van der Waals surface area contributed by atoms with Crippen molar-refractivity contribution in [1.82, 2.24) is 14.9 Å². The Morgan fingerprint density at radius 2 is 1.77 bits per heavy atom. The Morgan fingerprint density at radius 3 is 2.40 bits per heavy atom. The standard InChI is InChI=1S/C30H31Cl2N5O3/c1-7-25(38)34-22-13-18(10-11-37(3)4)12-17(2)29(22)36-30-33-16-20-14-19(8-9-21(20)35-30)26-27(31)23(39-5)15-24(40-6)28(26)32/h7-9,12-16H,1,10-11H2,2-6H3,(H,34,38)(H,33,35,36). The number of nitrogens with one attached hydrogen (secondary N) is 2. The van der Waals surface area contributed by atoms with Crippen LogP contribution in [-0.2, 0) is 11.2 Å². The third-order valence-electron chi connectivity index (χ3n) is 6.37. The first-order valence-electron chi connectivity index (χ1n) is 12.5. The van der Waals surface area contributed by atoms with E-state index in [9.17, 15) is 4.79 Å². The molecule has 0 aliphatic heterocycles. The third kappa shape index (κ3) is 6.31. The number of ether oxygens (including phenoxy) is 2. The average Bonchev–Trinajstić information content (AvgIpc) is 2.93. The molecule has 0 atom stereocenters. The maximum absolute atomic E-state index is 12.2. The van der Waals surface area contributed by atoms with Crippen molar-refractivity contribution in [3.05, 3.63) is 76.4 Å². The van der Waals surface area contributed by atoms with Crippen LogP contribution in [0, 0.1) is 6.92 Å². The molecule has 0 radical (unpaired) electrons. The molecule has 1 heterocycles. The summed E-state index contributed by atoms with van der Waals surface area (Å²) in [4.78, 5) is 23.6. The highest BCUT2D eigenvalue weighted by atomic mass is 35.5. The van der Waals surface area contributed by atoms with Gasteiger partial charge in [-0.3, -0.25) is 4.79 Å². The smallest absolute Gasteiger partial charge is 0.247 e. The Hall–Kier alpha value is -3.85. The van der Waals surface area contributed by atoms with Gasteiger partial charge in [-0.1, -0.05) is 41.9 Å². The minimum Gasteiger partial charge on any atom is -0.495 e. The number of carbonyl (C=O) groups excluding carboxylic acids is 1. The predicted octanol–water partition coefficient (Wildman–Crippen LogP) is 6.90. The lowest BCUT2D eigenvalue weighted by atomic mass is 10.0. The van der Waals surface area contributed by atoms with E-state index < -0.39 is 0 Å². The van der Waals surface area contributed by atoms with Gasteiger partial charge in [0.2, 0.25) is 11.9 Å². The zero-order chi connectivity index (χ0) is 29.0. The second-order valence-corrected chi connectivity index (χ2v) is 10.2. The molecule has 10 heteroatoms. The summed E-state index contributed by atoms with van der Waals surface area (Å²) in [5.41, 5.74) is 5.47. The van der Waals surface area contributed by atoms with Crippen LogP contribution in [0.25, 0.3) is 22.0 Å². The van der Waals surface area contributed by atoms with E-state index in [0.29, 0.717) is 49.9 Å². The fourth-order valence-corrected chi connectivity index (χ4v) is 5.03. The normalized spacial score (nSPS) is 11.0. The Bertz CT molecular complexity index is 1560. The van der Waals surface area contributed by atoms with E-state index in [1.165, 1.54) is 20.3 Å². The summed E-state index contributed by atoms with van der Waals surface area (Å²) in [5, 5.41) is 7.74. The molecule has 3 aromatic carbocycles. The zero-order valence-corrected chi connectivity index (χ0v) is 24.6. The number of benzene rings is 3. The molecule has 0 bridgehead atoms. The number of fused-ring (bicyclic) bond motifs is 1. The third-order valence-corrected chi connectivity index (χ3v) is 7.12. The Kier molecular flexibility index (Phi) is 9.14. The van der Waals surface area contributed by atoms with Crippen LogP contribution in [0.1, 0.15) is 11.1 Å². The number of amides is 1. The molecule has 0 aliphatic carbocycles. The van der Waals surface area contributed by atoms with Gasteiger partial charge >= 0.3 is 0 Å². The molecular formula is C30H31Cl2N5O3. The van der Waals surface area contributed by atoms with Crippen LogP contribution in [0.3, 0.4) is 0 Å². The second kappa shape index (κ2) is 12.6. The average molecular weight is 581 g/mol. The SMILES string of the molecule is C=CC(=O)Nc1cc(CCN(C)C)cc(C)c1Nc1ncc2cc(-c3c(Cl)c(OC)cc(OC)c3Cl)ccc2n1. The van der Waals surface area contributed by atoms with Crippen LogP contribution >= 0.6 is 23.2 Å². The number of hydrogen-bond donors (Lipinski definition) is 2. The Labute approximate surface area is 243 Å². The first-order chi connectivity index (χ1) is 19.1. The molecule has 0 saturated carbocycles. The van der Waals surface area contributed by atoms with E-state index in [1.807, 2.05) is 45.3 Å². The summed E-state index contributed by atoms with van der Waals surface area (Å²) >= 11 is 13.2. The number of methoxy groups -OCH3 is 2. The van der Waals surface area contributed by atoms with Crippen molar-refractivity contribution in [3.63, 3.8) is 0 Å². The number of likely N-dealkylation sites (N-methyl/N-ethyl adjacent to an activating group) is 1. The minimum atomic E-state index is -0.300. The van der Waals surface area contributed by atoms with Gasteiger partial charge in [0.05, 0.1) is 41.2 Å². The van der Waals surface area contributed by atoms with Gasteiger partial charge in [-0.05, 0) is 68.4 Å². The maximum atomic E-state index is 12.2. The quantitative estimate of drug-likeness (QED) is 0.197. The van der Waals surface area contributed by atoms with Crippen LogP contribution in [0.15, 0.2) is 55.3 Å². The van der Waals surface area contributed by atoms with Gasteiger partial charge in [0.25, 0.3) is 0 Å². The van der Waals surface area contributed by atoms with Crippen molar-refractivity contribution < 1.29 is 14.3 Å². The highest BCUT2D eigenvalue weighted by Crippen LogP contribution is 2.46. The van der Waals surface area contributed by atoms with Crippen molar-refractivity contribution >= 4 is 57.3 Å². The van der Waals surface area contributed by atoms with E-state index in [4.69, 9.17) is 37.7 Å². The molecule has 0 unspecified atom stereocenters. The summed E-state index contributed by atoms with van der Waals surface area (Å²) in [5.74, 6) is 0.996. The number of halogens is 2. The summed E-state index contributed by atoms with van der Waals surface area (Å²) in [6.07, 6.45) is 3.80. The van der Waals surface area contributed by atoms with Gasteiger partial charge in [-0.2, -0.15) is 0 Å². The number of anilines is 3. The number of nitrogens with zero attached hydrogens (tertiary/aromatic N) is 3. The van der Waals surface area contributed by atoms with Crippen molar-refractivity contribution in [2.75, 3.05) is 45.5 Å². The topological polar surface area (TPSA) is 88.6 Å². The first-order valence-corrected chi connectivity index (χ1v) is 13.3. The molecule has 40 heavy (non-hydrogen) atoms. The highest BCUT2D eigenvalue weighted by molar-refractivity contribution is 6.41. The van der Waals surface area contributed by atoms with E-state index in [1.54, 1.807) is 12.3 Å². The van der Waals surface area contributed by atoms with Crippen LogP contribution in [0.5, 0.6) is 11.5 Å². The van der Waals surface area contributed by atoms with Crippen molar-refractivity contribution in [3.8, 4) is 22.6 Å². The maximum Gasteiger partial charge on any atom is 0.247 e. The van der Waals surface area contributed by atoms with Gasteiger partial charge in [-0.15, -0.1) is 0 Å². The van der Waals surface area contributed by atoms with Crippen LogP contribution in [0.2, 0.25) is 10.0 Å². The van der Waals surface area contributed by atoms with E-state index in [0.717, 1.165) is 35.0 Å². The first kappa shape index (κ1) is 29.1. The van der Waals surface area contributed by atoms with E-state index in [2.05, 4.69) is 33.2 Å². The van der Waals surface area contributed by atoms with Crippen molar-refractivity contribution in [2.45, 2.75) is 13.3 Å². The van der Waals surface area contributed by atoms with Crippen LogP contribution in [0.4, 0.5) is 17.3 Å². The molecule has 1 amide bonds. The molecule has 2 N–H and O–H groups in total. The number of rotatable bonds is 10. The molecule has 0 fully saturated rings. The predicted molar refractivity (Wildman–Crippen MR) is 164 cm³/mol. The minimum absolute atomic E-state index is 0.300. The molecule has 208 valence electrons. The lowest BCUT2D eigenvalue weighted by Gasteiger charge is -2.18. The van der Waals surface area contributed by atoms with Gasteiger partial charge in [0, 0.05) is 29.8 Å². The number of aromatic nitrogens is 2. The summed E-state index contributed by atoms with van der Waals surface area (Å²) in [6.45, 7) is 6.44. The monoisotopic (exact) mass is 579 g/mol. The Balaban J connectivity index is 1.70. The largest absolute Gasteiger partial charge is 0.495 e. The van der Waals surface area contributed by atoms with E-state index >= 15 is 0 Å². The van der Waals surface area contributed by atoms with Crippen LogP contribution in [-0.4, -0.2) is 55.6 Å². The van der Waals surface area contributed by atoms with E-state index in [-0.39, 0.29) is 5.91 Å². The molecule has 0 spiro atoms. The second-order valence-electron chi connectivity index (χ2n) is 9.46. The van der Waals surface area contributed by atoms with Crippen LogP contribution < -0.4 is 20.1 Å². The van der Waals surface area contributed by atoms with Gasteiger partial charge in [0.1, 0.15) is 11.5 Å². The number of aryl methyl sites for hydroxylation is 1.